The van der Waals surface area contributed by atoms with Gasteiger partial charge in [-0.2, -0.15) is 0 Å². The minimum absolute atomic E-state index is 0.00241. The van der Waals surface area contributed by atoms with Crippen LogP contribution in [0.2, 0.25) is 0 Å². The summed E-state index contributed by atoms with van der Waals surface area (Å²) < 4.78 is 0. The molecule has 0 aromatic heterocycles. The predicted octanol–water partition coefficient (Wildman–Crippen LogP) is 1.89. The van der Waals surface area contributed by atoms with Crippen molar-refractivity contribution in [2.45, 2.75) is 32.1 Å². The van der Waals surface area contributed by atoms with E-state index < -0.39 is 5.41 Å². The van der Waals surface area contributed by atoms with E-state index in [9.17, 15) is 9.59 Å². The van der Waals surface area contributed by atoms with E-state index in [1.165, 1.54) is 6.42 Å². The molecule has 1 aliphatic rings. The molecule has 5 nitrogen and oxygen atoms in total. The summed E-state index contributed by atoms with van der Waals surface area (Å²) in [7, 11) is 1.59. The summed E-state index contributed by atoms with van der Waals surface area (Å²) in [6, 6.07) is 6.89. The molecule has 1 aromatic rings. The molecule has 0 unspecified atom stereocenters. The second-order valence-electron chi connectivity index (χ2n) is 5.66. The Morgan fingerprint density at radius 1 is 1.14 bits per heavy atom. The molecule has 0 saturated heterocycles. The van der Waals surface area contributed by atoms with Gasteiger partial charge in [-0.15, -0.1) is 0 Å². The number of carbonyl (C=O) groups excluding carboxylic acids is 2. The molecule has 1 aliphatic carbocycles. The van der Waals surface area contributed by atoms with E-state index in [0.717, 1.165) is 25.7 Å². The molecule has 114 valence electrons. The lowest BCUT2D eigenvalue weighted by atomic mass is 9.73. The third kappa shape index (κ3) is 3.42. The van der Waals surface area contributed by atoms with E-state index in [4.69, 9.17) is 5.73 Å². The fourth-order valence-corrected chi connectivity index (χ4v) is 2.87. The highest BCUT2D eigenvalue weighted by molar-refractivity contribution is 5.97. The fourth-order valence-electron chi connectivity index (χ4n) is 2.87. The molecule has 0 aliphatic heterocycles. The SMILES string of the molecule is CNC(=O)c1ccc(NC(=O)C2(CN)CCCCC2)cc1. The maximum Gasteiger partial charge on any atom is 0.251 e. The van der Waals surface area contributed by atoms with Gasteiger partial charge in [-0.1, -0.05) is 19.3 Å². The maximum atomic E-state index is 12.5. The number of hydrogen-bond donors (Lipinski definition) is 3. The molecule has 5 heteroatoms. The standard InChI is InChI=1S/C16H23N3O2/c1-18-14(20)12-5-7-13(8-6-12)19-15(21)16(11-17)9-3-2-4-10-16/h5-8H,2-4,9-11,17H2,1H3,(H,18,20)(H,19,21). The Kier molecular flexibility index (Phi) is 4.96. The normalized spacial score (nSPS) is 17.0. The maximum absolute atomic E-state index is 12.5. The lowest BCUT2D eigenvalue weighted by molar-refractivity contribution is -0.126. The van der Waals surface area contributed by atoms with E-state index in [1.807, 2.05) is 0 Å². The molecule has 2 amide bonds. The smallest absolute Gasteiger partial charge is 0.251 e. The van der Waals surface area contributed by atoms with Gasteiger partial charge in [-0.05, 0) is 37.1 Å². The lowest BCUT2D eigenvalue weighted by Gasteiger charge is -2.34. The van der Waals surface area contributed by atoms with Gasteiger partial charge in [0.1, 0.15) is 0 Å². The van der Waals surface area contributed by atoms with Crippen LogP contribution in [0.15, 0.2) is 24.3 Å². The van der Waals surface area contributed by atoms with Crippen LogP contribution in [0, 0.1) is 5.41 Å². The molecule has 21 heavy (non-hydrogen) atoms. The van der Waals surface area contributed by atoms with Gasteiger partial charge in [0.2, 0.25) is 5.91 Å². The number of hydrogen-bond acceptors (Lipinski definition) is 3. The first-order chi connectivity index (χ1) is 10.1. The number of anilines is 1. The van der Waals surface area contributed by atoms with Gasteiger partial charge in [-0.25, -0.2) is 0 Å². The van der Waals surface area contributed by atoms with Crippen molar-refractivity contribution in [1.29, 1.82) is 0 Å². The van der Waals surface area contributed by atoms with Crippen LogP contribution in [0.25, 0.3) is 0 Å². The summed E-state index contributed by atoms with van der Waals surface area (Å²) in [5.74, 6) is -0.143. The Bertz CT molecular complexity index is 505. The van der Waals surface area contributed by atoms with Crippen LogP contribution < -0.4 is 16.4 Å². The molecule has 1 saturated carbocycles. The number of rotatable bonds is 4. The van der Waals surface area contributed by atoms with Gasteiger partial charge in [-0.3, -0.25) is 9.59 Å². The van der Waals surface area contributed by atoms with Crippen molar-refractivity contribution in [1.82, 2.24) is 5.32 Å². The van der Waals surface area contributed by atoms with E-state index in [0.29, 0.717) is 17.8 Å². The van der Waals surface area contributed by atoms with Crippen LogP contribution in [0.3, 0.4) is 0 Å². The molecule has 4 N–H and O–H groups in total. The molecular formula is C16H23N3O2. The van der Waals surface area contributed by atoms with Gasteiger partial charge < -0.3 is 16.4 Å². The first kappa shape index (κ1) is 15.5. The highest BCUT2D eigenvalue weighted by Gasteiger charge is 2.38. The van der Waals surface area contributed by atoms with Crippen LogP contribution >= 0.6 is 0 Å². The quantitative estimate of drug-likeness (QED) is 0.791. The van der Waals surface area contributed by atoms with Crippen LogP contribution in [-0.2, 0) is 4.79 Å². The largest absolute Gasteiger partial charge is 0.355 e. The highest BCUT2D eigenvalue weighted by atomic mass is 16.2. The zero-order valence-corrected chi connectivity index (χ0v) is 12.4. The van der Waals surface area contributed by atoms with Gasteiger partial charge in [0.15, 0.2) is 0 Å². The first-order valence-corrected chi connectivity index (χ1v) is 7.45. The van der Waals surface area contributed by atoms with Gasteiger partial charge in [0, 0.05) is 24.8 Å². The molecule has 0 spiro atoms. The van der Waals surface area contributed by atoms with Crippen molar-refractivity contribution in [2.75, 3.05) is 18.9 Å². The Labute approximate surface area is 125 Å². The monoisotopic (exact) mass is 289 g/mol. The van der Waals surface area contributed by atoms with Crippen molar-refractivity contribution in [3.8, 4) is 0 Å². The Hall–Kier alpha value is -1.88. The summed E-state index contributed by atoms with van der Waals surface area (Å²) in [5.41, 5.74) is 6.70. The van der Waals surface area contributed by atoms with Crippen molar-refractivity contribution in [3.05, 3.63) is 29.8 Å². The zero-order chi connectivity index (χ0) is 15.3. The van der Waals surface area contributed by atoms with Gasteiger partial charge in [0.25, 0.3) is 5.91 Å². The van der Waals surface area contributed by atoms with Crippen LogP contribution in [0.4, 0.5) is 5.69 Å². The summed E-state index contributed by atoms with van der Waals surface area (Å²) in [6.07, 6.45) is 4.99. The average Bonchev–Trinajstić information content (AvgIpc) is 2.55. The molecule has 1 aromatic carbocycles. The number of nitrogens with one attached hydrogen (secondary N) is 2. The Morgan fingerprint density at radius 2 is 1.76 bits per heavy atom. The topological polar surface area (TPSA) is 84.2 Å². The minimum Gasteiger partial charge on any atom is -0.355 e. The average molecular weight is 289 g/mol. The third-order valence-corrected chi connectivity index (χ3v) is 4.32. The lowest BCUT2D eigenvalue weighted by Crippen LogP contribution is -2.43. The zero-order valence-electron chi connectivity index (χ0n) is 12.4. The van der Waals surface area contributed by atoms with E-state index in [1.54, 1.807) is 31.3 Å². The molecule has 0 bridgehead atoms. The molecular weight excluding hydrogens is 266 g/mol. The Morgan fingerprint density at radius 3 is 2.29 bits per heavy atom. The van der Waals surface area contributed by atoms with Crippen LogP contribution in [-0.4, -0.2) is 25.4 Å². The molecule has 2 rings (SSSR count). The van der Waals surface area contributed by atoms with E-state index in [2.05, 4.69) is 10.6 Å². The van der Waals surface area contributed by atoms with Crippen molar-refractivity contribution >= 4 is 17.5 Å². The van der Waals surface area contributed by atoms with Crippen LogP contribution in [0.1, 0.15) is 42.5 Å². The summed E-state index contributed by atoms with van der Waals surface area (Å²) in [5, 5.41) is 5.50. The van der Waals surface area contributed by atoms with Crippen molar-refractivity contribution in [3.63, 3.8) is 0 Å². The van der Waals surface area contributed by atoms with Gasteiger partial charge in [0.05, 0.1) is 5.41 Å². The summed E-state index contributed by atoms with van der Waals surface area (Å²) >= 11 is 0. The second kappa shape index (κ2) is 6.72. The Balaban J connectivity index is 2.06. The highest BCUT2D eigenvalue weighted by Crippen LogP contribution is 2.36. The van der Waals surface area contributed by atoms with Crippen LogP contribution in [0.5, 0.6) is 0 Å². The number of nitrogens with two attached hydrogens (primary N) is 1. The first-order valence-electron chi connectivity index (χ1n) is 7.45. The molecule has 0 radical (unpaired) electrons. The number of amides is 2. The fraction of sp³-hybridized carbons (Fsp3) is 0.500. The minimum atomic E-state index is -0.433. The molecule has 0 atom stereocenters. The van der Waals surface area contributed by atoms with Crippen molar-refractivity contribution in [2.24, 2.45) is 11.1 Å². The molecule has 1 fully saturated rings. The third-order valence-electron chi connectivity index (χ3n) is 4.32. The predicted molar refractivity (Wildman–Crippen MR) is 83.0 cm³/mol. The second-order valence-corrected chi connectivity index (χ2v) is 5.66. The summed E-state index contributed by atoms with van der Waals surface area (Å²) in [4.78, 5) is 24.0. The van der Waals surface area contributed by atoms with E-state index >= 15 is 0 Å². The molecule has 0 heterocycles. The van der Waals surface area contributed by atoms with E-state index in [-0.39, 0.29) is 11.8 Å². The number of carbonyl (C=O) groups is 2. The summed E-state index contributed by atoms with van der Waals surface area (Å²) in [6.45, 7) is 0.384. The number of benzene rings is 1. The van der Waals surface area contributed by atoms with Gasteiger partial charge >= 0.3 is 0 Å². The van der Waals surface area contributed by atoms with Crippen molar-refractivity contribution < 1.29 is 9.59 Å².